The Morgan fingerprint density at radius 1 is 0.923 bits per heavy atom. The largest absolute Gasteiger partial charge is 0.465 e. The van der Waals surface area contributed by atoms with Crippen molar-refractivity contribution >= 4 is 17.7 Å². The molecule has 0 saturated carbocycles. The third kappa shape index (κ3) is 8.51. The first-order chi connectivity index (χ1) is 18.9. The molecule has 0 N–H and O–H groups in total. The van der Waals surface area contributed by atoms with Gasteiger partial charge in [-0.1, -0.05) is 94.1 Å². The highest BCUT2D eigenvalue weighted by Gasteiger charge is 2.23. The van der Waals surface area contributed by atoms with Crippen LogP contribution in [0.4, 0.5) is 0 Å². The van der Waals surface area contributed by atoms with Gasteiger partial charge in [0.05, 0.1) is 19.3 Å². The first-order valence-corrected chi connectivity index (χ1v) is 14.3. The maximum Gasteiger partial charge on any atom is 0.341 e. The van der Waals surface area contributed by atoms with Crippen LogP contribution < -0.4 is 0 Å². The smallest absolute Gasteiger partial charge is 0.341 e. The third-order valence-electron chi connectivity index (χ3n) is 7.57. The molecule has 1 unspecified atom stereocenters. The number of carbonyl (C=O) groups excluding carboxylic acids is 3. The van der Waals surface area contributed by atoms with Crippen molar-refractivity contribution in [1.82, 2.24) is 0 Å². The summed E-state index contributed by atoms with van der Waals surface area (Å²) in [6.07, 6.45) is 11.0. The molecular weight excluding hydrogens is 488 g/mol. The predicted octanol–water partition coefficient (Wildman–Crippen LogP) is 8.00. The van der Waals surface area contributed by atoms with Crippen LogP contribution in [0.1, 0.15) is 94.0 Å². The van der Waals surface area contributed by atoms with Crippen LogP contribution in [0.25, 0.3) is 11.1 Å². The molecule has 208 valence electrons. The summed E-state index contributed by atoms with van der Waals surface area (Å²) in [6, 6.07) is 16.2. The van der Waals surface area contributed by atoms with Gasteiger partial charge in [0.2, 0.25) is 0 Å². The van der Waals surface area contributed by atoms with Crippen LogP contribution in [-0.2, 0) is 19.1 Å². The summed E-state index contributed by atoms with van der Waals surface area (Å²) >= 11 is 0. The number of benzene rings is 2. The van der Waals surface area contributed by atoms with Gasteiger partial charge in [-0.05, 0) is 66.4 Å². The van der Waals surface area contributed by atoms with Crippen molar-refractivity contribution < 1.29 is 23.9 Å². The summed E-state index contributed by atoms with van der Waals surface area (Å²) in [5.41, 5.74) is 4.97. The number of ether oxygens (including phenoxy) is 2. The van der Waals surface area contributed by atoms with E-state index in [9.17, 15) is 14.4 Å². The minimum atomic E-state index is -0.566. The van der Waals surface area contributed by atoms with Crippen molar-refractivity contribution in [2.24, 2.45) is 5.92 Å². The molecule has 0 fully saturated rings. The third-order valence-corrected chi connectivity index (χ3v) is 7.57. The summed E-state index contributed by atoms with van der Waals surface area (Å²) in [4.78, 5) is 36.8. The average molecular weight is 531 g/mol. The number of allylic oxidation sites excluding steroid dienone is 3. The first kappa shape index (κ1) is 30.1. The molecule has 3 rings (SSSR count). The van der Waals surface area contributed by atoms with Crippen LogP contribution in [0.2, 0.25) is 0 Å². The van der Waals surface area contributed by atoms with Crippen molar-refractivity contribution in [2.75, 3.05) is 13.7 Å². The molecule has 0 aliphatic heterocycles. The van der Waals surface area contributed by atoms with Gasteiger partial charge in [-0.3, -0.25) is 4.79 Å². The molecule has 0 aromatic heterocycles. The van der Waals surface area contributed by atoms with E-state index in [1.807, 2.05) is 30.3 Å². The number of carbonyl (C=O) groups is 3. The fourth-order valence-electron chi connectivity index (χ4n) is 4.88. The number of esters is 2. The maximum atomic E-state index is 12.8. The van der Waals surface area contributed by atoms with E-state index in [-0.39, 0.29) is 23.7 Å². The summed E-state index contributed by atoms with van der Waals surface area (Å²) < 4.78 is 10.3. The van der Waals surface area contributed by atoms with Crippen molar-refractivity contribution in [2.45, 2.75) is 78.1 Å². The SMILES string of the molecule is CCCCC(CCCC1=CC=C(C(=O)OC)C(=O)C1)c1ccc(-c2ccccc2C(=O)OC[C@@H](C)CC)cc1. The number of hydrogen-bond acceptors (Lipinski definition) is 5. The fraction of sp³-hybridized carbons (Fsp3) is 0.441. The molecular formula is C34H42O5. The predicted molar refractivity (Wildman–Crippen MR) is 156 cm³/mol. The van der Waals surface area contributed by atoms with E-state index in [1.165, 1.54) is 12.7 Å². The normalized spacial score (nSPS) is 14.7. The van der Waals surface area contributed by atoms with Gasteiger partial charge in [0.1, 0.15) is 5.57 Å². The monoisotopic (exact) mass is 530 g/mol. The number of rotatable bonds is 14. The molecule has 0 radical (unpaired) electrons. The molecule has 0 spiro atoms. The highest BCUT2D eigenvalue weighted by Crippen LogP contribution is 2.32. The van der Waals surface area contributed by atoms with E-state index in [1.54, 1.807) is 6.08 Å². The van der Waals surface area contributed by atoms with Gasteiger partial charge in [0.25, 0.3) is 0 Å². The lowest BCUT2D eigenvalue weighted by atomic mass is 9.86. The Morgan fingerprint density at radius 3 is 2.31 bits per heavy atom. The van der Waals surface area contributed by atoms with E-state index >= 15 is 0 Å². The first-order valence-electron chi connectivity index (χ1n) is 14.3. The molecule has 39 heavy (non-hydrogen) atoms. The lowest BCUT2D eigenvalue weighted by Gasteiger charge is -2.19. The highest BCUT2D eigenvalue weighted by molar-refractivity contribution is 6.18. The molecule has 5 nitrogen and oxygen atoms in total. The van der Waals surface area contributed by atoms with Crippen molar-refractivity contribution in [1.29, 1.82) is 0 Å². The fourth-order valence-corrected chi connectivity index (χ4v) is 4.88. The second-order valence-corrected chi connectivity index (χ2v) is 10.5. The van der Waals surface area contributed by atoms with E-state index in [0.717, 1.165) is 61.6 Å². The average Bonchev–Trinajstić information content (AvgIpc) is 2.97. The molecule has 5 heteroatoms. The molecule has 0 heterocycles. The Kier molecular flexibility index (Phi) is 11.7. The van der Waals surface area contributed by atoms with Gasteiger partial charge in [0.15, 0.2) is 5.78 Å². The summed E-state index contributed by atoms with van der Waals surface area (Å²) in [5.74, 6) is -0.245. The standard InChI is InChI=1S/C34H42O5/c1-5-7-12-26(13-10-11-25-16-21-31(32(35)22-25)33(36)38-4)27-17-19-28(20-18-27)29-14-8-9-15-30(29)34(37)39-23-24(3)6-2/h8-9,14-21,24,26H,5-7,10-13,22-23H2,1-4H3/t24-,26?/m0/s1. The lowest BCUT2D eigenvalue weighted by molar-refractivity contribution is -0.137. The Bertz CT molecular complexity index is 1190. The molecule has 2 aromatic carbocycles. The van der Waals surface area contributed by atoms with Crippen molar-refractivity contribution in [3.8, 4) is 11.1 Å². The molecule has 2 atom stereocenters. The van der Waals surface area contributed by atoms with E-state index < -0.39 is 5.97 Å². The minimum Gasteiger partial charge on any atom is -0.465 e. The second kappa shape index (κ2) is 15.2. The van der Waals surface area contributed by atoms with E-state index in [0.29, 0.717) is 24.0 Å². The minimum absolute atomic E-state index is 0.132. The van der Waals surface area contributed by atoms with Gasteiger partial charge in [-0.2, -0.15) is 0 Å². The molecule has 0 saturated heterocycles. The Morgan fingerprint density at radius 2 is 1.64 bits per heavy atom. The van der Waals surface area contributed by atoms with E-state index in [2.05, 4.69) is 45.0 Å². The van der Waals surface area contributed by atoms with Crippen LogP contribution in [0, 0.1) is 5.92 Å². The van der Waals surface area contributed by atoms with E-state index in [4.69, 9.17) is 9.47 Å². The zero-order valence-corrected chi connectivity index (χ0v) is 23.8. The number of ketones is 1. The highest BCUT2D eigenvalue weighted by atomic mass is 16.5. The van der Waals surface area contributed by atoms with Crippen LogP contribution in [0.5, 0.6) is 0 Å². The molecule has 1 aliphatic rings. The topological polar surface area (TPSA) is 69.7 Å². The summed E-state index contributed by atoms with van der Waals surface area (Å²) in [7, 11) is 1.29. The number of methoxy groups -OCH3 is 1. The number of Topliss-reactive ketones (excluding diaryl/α,β-unsaturated/α-hetero) is 1. The molecule has 1 aliphatic carbocycles. The quantitative estimate of drug-likeness (QED) is 0.183. The van der Waals surface area contributed by atoms with Gasteiger partial charge in [0, 0.05) is 6.42 Å². The Labute approximate surface area is 233 Å². The number of unbranched alkanes of at least 4 members (excludes halogenated alkanes) is 1. The van der Waals surface area contributed by atoms with Gasteiger partial charge in [-0.15, -0.1) is 0 Å². The van der Waals surface area contributed by atoms with Crippen molar-refractivity contribution in [3.05, 3.63) is 83.0 Å². The lowest BCUT2D eigenvalue weighted by Crippen LogP contribution is -2.17. The maximum absolute atomic E-state index is 12.8. The van der Waals surface area contributed by atoms with Crippen LogP contribution in [-0.4, -0.2) is 31.4 Å². The number of hydrogen-bond donors (Lipinski definition) is 0. The zero-order chi connectivity index (χ0) is 28.2. The summed E-state index contributed by atoms with van der Waals surface area (Å²) in [6.45, 7) is 6.81. The van der Waals surface area contributed by atoms with Gasteiger partial charge < -0.3 is 9.47 Å². The van der Waals surface area contributed by atoms with Crippen LogP contribution in [0.3, 0.4) is 0 Å². The van der Waals surface area contributed by atoms with Gasteiger partial charge >= 0.3 is 11.9 Å². The molecule has 0 bridgehead atoms. The van der Waals surface area contributed by atoms with Crippen LogP contribution in [0.15, 0.2) is 71.8 Å². The van der Waals surface area contributed by atoms with Crippen LogP contribution >= 0.6 is 0 Å². The zero-order valence-electron chi connectivity index (χ0n) is 23.8. The second-order valence-electron chi connectivity index (χ2n) is 10.5. The summed E-state index contributed by atoms with van der Waals surface area (Å²) in [5, 5.41) is 0. The molecule has 0 amide bonds. The Balaban J connectivity index is 1.68. The molecule has 2 aromatic rings. The van der Waals surface area contributed by atoms with Gasteiger partial charge in [-0.25, -0.2) is 9.59 Å². The Hall–Kier alpha value is -3.47. The van der Waals surface area contributed by atoms with Crippen molar-refractivity contribution in [3.63, 3.8) is 0 Å².